The highest BCUT2D eigenvalue weighted by molar-refractivity contribution is 9.10. The summed E-state index contributed by atoms with van der Waals surface area (Å²) in [5, 5.41) is 1.03. The molecule has 0 unspecified atom stereocenters. The lowest BCUT2D eigenvalue weighted by Gasteiger charge is -2.04. The number of ether oxygens (including phenoxy) is 1. The summed E-state index contributed by atoms with van der Waals surface area (Å²) in [6.45, 7) is 2.19. The maximum absolute atomic E-state index is 11.7. The van der Waals surface area contributed by atoms with Crippen LogP contribution in [0, 0.1) is 0 Å². The molecule has 1 aromatic carbocycles. The highest BCUT2D eigenvalue weighted by Gasteiger charge is 2.15. The van der Waals surface area contributed by atoms with Crippen LogP contribution in [-0.2, 0) is 11.8 Å². The Labute approximate surface area is 102 Å². The van der Waals surface area contributed by atoms with Crippen LogP contribution < -0.4 is 0 Å². The van der Waals surface area contributed by atoms with Crippen molar-refractivity contribution in [3.63, 3.8) is 0 Å². The van der Waals surface area contributed by atoms with E-state index in [-0.39, 0.29) is 5.97 Å². The summed E-state index contributed by atoms with van der Waals surface area (Å²) in [7, 11) is 1.86. The molecule has 0 radical (unpaired) electrons. The number of rotatable bonds is 2. The Bertz CT molecular complexity index is 545. The molecule has 3 nitrogen and oxygen atoms in total. The van der Waals surface area contributed by atoms with Gasteiger partial charge in [0.25, 0.3) is 0 Å². The van der Waals surface area contributed by atoms with E-state index in [9.17, 15) is 4.79 Å². The van der Waals surface area contributed by atoms with Crippen LogP contribution in [0.4, 0.5) is 0 Å². The topological polar surface area (TPSA) is 31.2 Å². The van der Waals surface area contributed by atoms with Gasteiger partial charge in [-0.1, -0.05) is 12.1 Å². The molecule has 1 aromatic heterocycles. The van der Waals surface area contributed by atoms with Gasteiger partial charge in [-0.2, -0.15) is 0 Å². The first-order valence-electron chi connectivity index (χ1n) is 5.06. The molecule has 0 atom stereocenters. The van der Waals surface area contributed by atoms with Gasteiger partial charge in [0.1, 0.15) is 5.69 Å². The maximum Gasteiger partial charge on any atom is 0.354 e. The zero-order valence-corrected chi connectivity index (χ0v) is 10.7. The Morgan fingerprint density at radius 3 is 2.88 bits per heavy atom. The smallest absolute Gasteiger partial charge is 0.354 e. The van der Waals surface area contributed by atoms with Gasteiger partial charge in [-0.05, 0) is 35.0 Å². The van der Waals surface area contributed by atoms with Crippen LogP contribution in [0.5, 0.6) is 0 Å². The van der Waals surface area contributed by atoms with Crippen LogP contribution in [0.3, 0.4) is 0 Å². The average Bonchev–Trinajstić information content (AvgIpc) is 2.58. The van der Waals surface area contributed by atoms with Crippen molar-refractivity contribution < 1.29 is 9.53 Å². The summed E-state index contributed by atoms with van der Waals surface area (Å²) < 4.78 is 7.82. The van der Waals surface area contributed by atoms with Crippen LogP contribution in [0.25, 0.3) is 10.9 Å². The van der Waals surface area contributed by atoms with E-state index in [4.69, 9.17) is 4.74 Å². The fourth-order valence-electron chi connectivity index (χ4n) is 1.77. The molecular formula is C12H12BrNO2. The van der Waals surface area contributed by atoms with Crippen LogP contribution in [-0.4, -0.2) is 17.1 Å². The number of aromatic nitrogens is 1. The third-order valence-corrected chi connectivity index (χ3v) is 3.13. The molecule has 16 heavy (non-hydrogen) atoms. The number of halogens is 1. The van der Waals surface area contributed by atoms with Crippen LogP contribution in [0.15, 0.2) is 28.7 Å². The summed E-state index contributed by atoms with van der Waals surface area (Å²) in [4.78, 5) is 11.7. The average molecular weight is 282 g/mol. The molecule has 2 rings (SSSR count). The summed E-state index contributed by atoms with van der Waals surface area (Å²) >= 11 is 3.48. The zero-order chi connectivity index (χ0) is 11.7. The third kappa shape index (κ3) is 1.73. The van der Waals surface area contributed by atoms with Crippen LogP contribution in [0.1, 0.15) is 17.4 Å². The number of hydrogen-bond acceptors (Lipinski definition) is 2. The van der Waals surface area contributed by atoms with Gasteiger partial charge in [-0.3, -0.25) is 0 Å². The molecule has 0 aliphatic heterocycles. The first kappa shape index (κ1) is 11.2. The second kappa shape index (κ2) is 4.29. The summed E-state index contributed by atoms with van der Waals surface area (Å²) in [6.07, 6.45) is 0. The highest BCUT2D eigenvalue weighted by atomic mass is 79.9. The van der Waals surface area contributed by atoms with E-state index < -0.39 is 0 Å². The molecule has 0 N–H and O–H groups in total. The number of fused-ring (bicyclic) bond motifs is 1. The Morgan fingerprint density at radius 1 is 1.50 bits per heavy atom. The Balaban J connectivity index is 2.61. The van der Waals surface area contributed by atoms with Gasteiger partial charge in [0.15, 0.2) is 0 Å². The molecule has 4 heteroatoms. The normalized spacial score (nSPS) is 10.7. The van der Waals surface area contributed by atoms with E-state index in [0.717, 1.165) is 15.4 Å². The van der Waals surface area contributed by atoms with Crippen molar-refractivity contribution in [2.24, 2.45) is 7.05 Å². The largest absolute Gasteiger partial charge is 0.461 e. The minimum Gasteiger partial charge on any atom is -0.461 e. The number of esters is 1. The second-order valence-corrected chi connectivity index (χ2v) is 4.34. The van der Waals surface area contributed by atoms with Crippen molar-refractivity contribution >= 4 is 32.8 Å². The molecule has 2 aromatic rings. The second-order valence-electron chi connectivity index (χ2n) is 3.49. The van der Waals surface area contributed by atoms with Crippen LogP contribution >= 0.6 is 15.9 Å². The quantitative estimate of drug-likeness (QED) is 0.792. The molecule has 0 saturated heterocycles. The lowest BCUT2D eigenvalue weighted by molar-refractivity contribution is 0.0516. The highest BCUT2D eigenvalue weighted by Crippen LogP contribution is 2.26. The monoisotopic (exact) mass is 281 g/mol. The van der Waals surface area contributed by atoms with Gasteiger partial charge in [-0.25, -0.2) is 4.79 Å². The van der Waals surface area contributed by atoms with E-state index in [0.29, 0.717) is 12.3 Å². The summed E-state index contributed by atoms with van der Waals surface area (Å²) in [5.41, 5.74) is 1.58. The molecule has 0 bridgehead atoms. The van der Waals surface area contributed by atoms with Gasteiger partial charge >= 0.3 is 5.97 Å². The van der Waals surface area contributed by atoms with E-state index in [2.05, 4.69) is 15.9 Å². The van der Waals surface area contributed by atoms with Crippen LogP contribution in [0.2, 0.25) is 0 Å². The molecule has 1 heterocycles. The first-order valence-corrected chi connectivity index (χ1v) is 5.85. The number of nitrogens with zero attached hydrogens (tertiary/aromatic N) is 1. The summed E-state index contributed by atoms with van der Waals surface area (Å²) in [6, 6.07) is 7.72. The lowest BCUT2D eigenvalue weighted by atomic mass is 10.2. The number of aryl methyl sites for hydroxylation is 1. The number of carbonyl (C=O) groups is 1. The van der Waals surface area contributed by atoms with Gasteiger partial charge < -0.3 is 9.30 Å². The number of para-hydroxylation sites is 1. The number of carbonyl (C=O) groups excluding carboxylic acids is 1. The molecule has 0 spiro atoms. The number of hydrogen-bond donors (Lipinski definition) is 0. The van der Waals surface area contributed by atoms with Crippen molar-refractivity contribution in [1.82, 2.24) is 4.57 Å². The van der Waals surface area contributed by atoms with Crippen molar-refractivity contribution in [3.05, 3.63) is 34.4 Å². The molecule has 0 fully saturated rings. The lowest BCUT2D eigenvalue weighted by Crippen LogP contribution is -2.09. The van der Waals surface area contributed by atoms with Gasteiger partial charge in [0, 0.05) is 16.9 Å². The maximum atomic E-state index is 11.7. The fourth-order valence-corrected chi connectivity index (χ4v) is 2.42. The van der Waals surface area contributed by atoms with Gasteiger partial charge in [0.05, 0.1) is 12.1 Å². The molecule has 0 aliphatic rings. The zero-order valence-electron chi connectivity index (χ0n) is 9.16. The van der Waals surface area contributed by atoms with E-state index in [1.54, 1.807) is 6.92 Å². The fraction of sp³-hybridized carbons (Fsp3) is 0.250. The first-order chi connectivity index (χ1) is 7.65. The van der Waals surface area contributed by atoms with Crippen molar-refractivity contribution in [3.8, 4) is 0 Å². The van der Waals surface area contributed by atoms with Crippen molar-refractivity contribution in [2.75, 3.05) is 6.61 Å². The van der Waals surface area contributed by atoms with E-state index in [1.807, 2.05) is 35.9 Å². The molecule has 84 valence electrons. The predicted octanol–water partition coefficient (Wildman–Crippen LogP) is 3.12. The van der Waals surface area contributed by atoms with Gasteiger partial charge in [0.2, 0.25) is 0 Å². The third-order valence-electron chi connectivity index (χ3n) is 2.49. The van der Waals surface area contributed by atoms with E-state index >= 15 is 0 Å². The van der Waals surface area contributed by atoms with Crippen molar-refractivity contribution in [2.45, 2.75) is 6.92 Å². The number of benzene rings is 1. The van der Waals surface area contributed by atoms with Gasteiger partial charge in [-0.15, -0.1) is 0 Å². The minimum absolute atomic E-state index is 0.284. The van der Waals surface area contributed by atoms with E-state index in [1.165, 1.54) is 0 Å². The Kier molecular flexibility index (Phi) is 3.01. The standard InChI is InChI=1S/C12H12BrNO2/c1-3-16-12(15)10-7-8-5-4-6-9(13)11(8)14(10)2/h4-7H,3H2,1-2H3. The molecular weight excluding hydrogens is 270 g/mol. The van der Waals surface area contributed by atoms with Crippen molar-refractivity contribution in [1.29, 1.82) is 0 Å². The SMILES string of the molecule is CCOC(=O)c1cc2cccc(Br)c2n1C. The minimum atomic E-state index is -0.284. The Hall–Kier alpha value is -1.29. The summed E-state index contributed by atoms with van der Waals surface area (Å²) in [5.74, 6) is -0.284. The predicted molar refractivity (Wildman–Crippen MR) is 66.6 cm³/mol. The Morgan fingerprint density at radius 2 is 2.25 bits per heavy atom. The molecule has 0 amide bonds. The molecule has 0 saturated carbocycles. The molecule has 0 aliphatic carbocycles.